The summed E-state index contributed by atoms with van der Waals surface area (Å²) < 4.78 is 62.9. The van der Waals surface area contributed by atoms with E-state index in [0.29, 0.717) is 0 Å². The summed E-state index contributed by atoms with van der Waals surface area (Å²) in [5.41, 5.74) is -1.94. The van der Waals surface area contributed by atoms with Gasteiger partial charge in [0.25, 0.3) is 16.0 Å². The second-order valence-electron chi connectivity index (χ2n) is 3.54. The van der Waals surface area contributed by atoms with Gasteiger partial charge in [0.15, 0.2) is 11.3 Å². The number of hydrogen-bond donors (Lipinski definition) is 1. The Morgan fingerprint density at radius 2 is 2.06 bits per heavy atom. The SMILES string of the molecule is Cl.O=S(=O)(O)c1cccc2c1OC(Cl)CC2(F)F. The molecule has 9 heteroatoms. The molecule has 0 radical (unpaired) electrons. The van der Waals surface area contributed by atoms with E-state index in [-0.39, 0.29) is 12.4 Å². The number of halogens is 4. The average molecular weight is 321 g/mol. The molecule has 0 aliphatic carbocycles. The number of fused-ring (bicyclic) bond motifs is 1. The molecular formula is C9H8Cl2F2O4S. The molecule has 2 rings (SSSR count). The number of para-hydroxylation sites is 1. The van der Waals surface area contributed by atoms with Crippen LogP contribution in [0, 0.1) is 0 Å². The van der Waals surface area contributed by atoms with Crippen molar-refractivity contribution >= 4 is 34.1 Å². The van der Waals surface area contributed by atoms with E-state index in [9.17, 15) is 17.2 Å². The molecule has 0 saturated heterocycles. The molecule has 1 aliphatic rings. The van der Waals surface area contributed by atoms with Gasteiger partial charge in [-0.05, 0) is 12.1 Å². The van der Waals surface area contributed by atoms with Crippen LogP contribution in [0.3, 0.4) is 0 Å². The molecule has 1 unspecified atom stereocenters. The van der Waals surface area contributed by atoms with Crippen molar-refractivity contribution in [3.8, 4) is 5.75 Å². The molecule has 1 aliphatic heterocycles. The van der Waals surface area contributed by atoms with Crippen molar-refractivity contribution in [1.82, 2.24) is 0 Å². The summed E-state index contributed by atoms with van der Waals surface area (Å²) in [6, 6.07) is 3.11. The first-order chi connectivity index (χ1) is 7.72. The Labute approximate surface area is 113 Å². The lowest BCUT2D eigenvalue weighted by molar-refractivity contribution is -0.0495. The Bertz CT molecular complexity index is 562. The number of alkyl halides is 3. The topological polar surface area (TPSA) is 63.6 Å². The van der Waals surface area contributed by atoms with Crippen LogP contribution in [0.25, 0.3) is 0 Å². The molecule has 4 nitrogen and oxygen atoms in total. The Hall–Kier alpha value is -0.630. The maximum absolute atomic E-state index is 13.6. The first kappa shape index (κ1) is 15.4. The maximum Gasteiger partial charge on any atom is 0.298 e. The first-order valence-electron chi connectivity index (χ1n) is 4.51. The summed E-state index contributed by atoms with van der Waals surface area (Å²) >= 11 is 5.47. The van der Waals surface area contributed by atoms with E-state index >= 15 is 0 Å². The van der Waals surface area contributed by atoms with E-state index < -0.39 is 44.2 Å². The zero-order valence-electron chi connectivity index (χ0n) is 8.64. The van der Waals surface area contributed by atoms with E-state index in [4.69, 9.17) is 20.9 Å². The van der Waals surface area contributed by atoms with Gasteiger partial charge in [0.1, 0.15) is 4.90 Å². The number of rotatable bonds is 1. The smallest absolute Gasteiger partial charge is 0.298 e. The van der Waals surface area contributed by atoms with Gasteiger partial charge < -0.3 is 4.74 Å². The van der Waals surface area contributed by atoms with E-state index in [0.717, 1.165) is 18.2 Å². The summed E-state index contributed by atoms with van der Waals surface area (Å²) in [5, 5.41) is 0. The van der Waals surface area contributed by atoms with Gasteiger partial charge in [-0.2, -0.15) is 8.42 Å². The third kappa shape index (κ3) is 2.69. The van der Waals surface area contributed by atoms with E-state index in [2.05, 4.69) is 0 Å². The molecule has 18 heavy (non-hydrogen) atoms. The Kier molecular flexibility index (Phi) is 4.12. The second kappa shape index (κ2) is 4.80. The van der Waals surface area contributed by atoms with E-state index in [1.165, 1.54) is 0 Å². The van der Waals surface area contributed by atoms with Gasteiger partial charge in [0, 0.05) is 0 Å². The van der Waals surface area contributed by atoms with Crippen molar-refractivity contribution in [1.29, 1.82) is 0 Å². The molecule has 0 saturated carbocycles. The number of benzene rings is 1. The average Bonchev–Trinajstić information content (AvgIpc) is 2.13. The highest BCUT2D eigenvalue weighted by molar-refractivity contribution is 7.86. The van der Waals surface area contributed by atoms with Crippen molar-refractivity contribution in [3.63, 3.8) is 0 Å². The largest absolute Gasteiger partial charge is 0.472 e. The normalized spacial score (nSPS) is 21.4. The van der Waals surface area contributed by atoms with E-state index in [1.807, 2.05) is 0 Å². The molecule has 0 spiro atoms. The fourth-order valence-corrected chi connectivity index (χ4v) is 2.54. The summed E-state index contributed by atoms with van der Waals surface area (Å²) in [6.07, 6.45) is -0.753. The van der Waals surface area contributed by atoms with Crippen LogP contribution < -0.4 is 4.74 Å². The minimum Gasteiger partial charge on any atom is -0.472 e. The molecule has 0 bridgehead atoms. The monoisotopic (exact) mass is 320 g/mol. The molecule has 0 aromatic heterocycles. The third-order valence-electron chi connectivity index (χ3n) is 2.31. The molecule has 1 aromatic rings. The Morgan fingerprint density at radius 1 is 1.44 bits per heavy atom. The van der Waals surface area contributed by atoms with Gasteiger partial charge in [-0.3, -0.25) is 4.55 Å². The zero-order chi connectivity index (χ0) is 12.8. The highest BCUT2D eigenvalue weighted by Crippen LogP contribution is 2.46. The van der Waals surface area contributed by atoms with Gasteiger partial charge in [-0.25, -0.2) is 8.78 Å². The van der Waals surface area contributed by atoms with Crippen molar-refractivity contribution in [3.05, 3.63) is 23.8 Å². The molecule has 1 atom stereocenters. The standard InChI is InChI=1S/C9H7ClF2O4S.ClH/c10-7-4-9(11,12)5-2-1-3-6(8(5)16-7)17(13,14)15;/h1-3,7H,4H2,(H,13,14,15);1H. The van der Waals surface area contributed by atoms with Crippen LogP contribution in [0.2, 0.25) is 0 Å². The maximum atomic E-state index is 13.6. The van der Waals surface area contributed by atoms with Gasteiger partial charge in [-0.15, -0.1) is 12.4 Å². The summed E-state index contributed by atoms with van der Waals surface area (Å²) in [6.45, 7) is 0. The second-order valence-corrected chi connectivity index (χ2v) is 5.42. The number of hydrogen-bond acceptors (Lipinski definition) is 3. The van der Waals surface area contributed by atoms with Gasteiger partial charge >= 0.3 is 0 Å². The minimum atomic E-state index is -4.63. The first-order valence-corrected chi connectivity index (χ1v) is 6.39. The Balaban J connectivity index is 0.00000162. The summed E-state index contributed by atoms with van der Waals surface area (Å²) in [5.74, 6) is -3.88. The molecule has 1 heterocycles. The van der Waals surface area contributed by atoms with Crippen LogP contribution in [0.5, 0.6) is 5.75 Å². The van der Waals surface area contributed by atoms with Crippen molar-refractivity contribution in [2.24, 2.45) is 0 Å². The van der Waals surface area contributed by atoms with Crippen molar-refractivity contribution in [2.75, 3.05) is 0 Å². The number of ether oxygens (including phenoxy) is 1. The lowest BCUT2D eigenvalue weighted by Crippen LogP contribution is -2.30. The summed E-state index contributed by atoms with van der Waals surface area (Å²) in [7, 11) is -4.63. The molecule has 1 aromatic carbocycles. The molecule has 0 amide bonds. The Morgan fingerprint density at radius 3 is 2.61 bits per heavy atom. The van der Waals surface area contributed by atoms with Crippen molar-refractivity contribution in [2.45, 2.75) is 22.8 Å². The fraction of sp³-hybridized carbons (Fsp3) is 0.333. The lowest BCUT2D eigenvalue weighted by atomic mass is 10.0. The lowest BCUT2D eigenvalue weighted by Gasteiger charge is -2.29. The fourth-order valence-electron chi connectivity index (χ4n) is 1.61. The third-order valence-corrected chi connectivity index (χ3v) is 3.43. The molecular weight excluding hydrogens is 313 g/mol. The van der Waals surface area contributed by atoms with Crippen molar-refractivity contribution < 1.29 is 26.5 Å². The van der Waals surface area contributed by atoms with Crippen LogP contribution in [0.15, 0.2) is 23.1 Å². The van der Waals surface area contributed by atoms with Gasteiger partial charge in [0.2, 0.25) is 0 Å². The zero-order valence-corrected chi connectivity index (χ0v) is 11.0. The van der Waals surface area contributed by atoms with Gasteiger partial charge in [0.05, 0.1) is 12.0 Å². The van der Waals surface area contributed by atoms with Crippen LogP contribution in [0.4, 0.5) is 8.78 Å². The van der Waals surface area contributed by atoms with E-state index in [1.54, 1.807) is 0 Å². The highest BCUT2D eigenvalue weighted by atomic mass is 35.5. The van der Waals surface area contributed by atoms with Gasteiger partial charge in [-0.1, -0.05) is 17.7 Å². The summed E-state index contributed by atoms with van der Waals surface area (Å²) in [4.78, 5) is -0.708. The minimum absolute atomic E-state index is 0. The quantitative estimate of drug-likeness (QED) is 0.638. The highest BCUT2D eigenvalue weighted by Gasteiger charge is 2.44. The predicted octanol–water partition coefficient (Wildman–Crippen LogP) is 2.79. The molecule has 0 fully saturated rings. The van der Waals surface area contributed by atoms with Crippen LogP contribution in [-0.4, -0.2) is 18.5 Å². The molecule has 102 valence electrons. The predicted molar refractivity (Wildman–Crippen MR) is 62.3 cm³/mol. The molecule has 1 N–H and O–H groups in total. The van der Waals surface area contributed by atoms with Crippen LogP contribution >= 0.6 is 24.0 Å². The van der Waals surface area contributed by atoms with Crippen LogP contribution in [-0.2, 0) is 16.0 Å². The van der Waals surface area contributed by atoms with Crippen LogP contribution in [0.1, 0.15) is 12.0 Å².